The van der Waals surface area contributed by atoms with Crippen LogP contribution in [0.4, 0.5) is 0 Å². The van der Waals surface area contributed by atoms with Crippen molar-refractivity contribution in [3.05, 3.63) is 81.3 Å². The second-order valence-corrected chi connectivity index (χ2v) is 9.42. The van der Waals surface area contributed by atoms with Gasteiger partial charge in [-0.05, 0) is 92.0 Å². The quantitative estimate of drug-likeness (QED) is 0.542. The molecule has 0 saturated carbocycles. The Labute approximate surface area is 194 Å². The highest BCUT2D eigenvalue weighted by Crippen LogP contribution is 2.32. The number of amides is 1. The van der Waals surface area contributed by atoms with Gasteiger partial charge in [-0.25, -0.2) is 0 Å². The van der Waals surface area contributed by atoms with Gasteiger partial charge in [0.1, 0.15) is 5.75 Å². The van der Waals surface area contributed by atoms with Crippen LogP contribution in [0.1, 0.15) is 50.9 Å². The lowest BCUT2D eigenvalue weighted by Crippen LogP contribution is -2.40. The van der Waals surface area contributed by atoms with Crippen LogP contribution in [0, 0.1) is 19.8 Å². The molecule has 32 heavy (non-hydrogen) atoms. The Hall–Kier alpha value is -2.70. The van der Waals surface area contributed by atoms with E-state index < -0.39 is 0 Å². The molecule has 6 heteroatoms. The number of carbonyl (C=O) groups is 1. The number of rotatable bonds is 7. The topological polar surface area (TPSA) is 54.5 Å². The second kappa shape index (κ2) is 10.3. The van der Waals surface area contributed by atoms with Crippen LogP contribution in [-0.4, -0.2) is 36.0 Å². The van der Waals surface area contributed by atoms with Crippen LogP contribution in [0.2, 0.25) is 0 Å². The third kappa shape index (κ3) is 5.03. The average molecular weight is 450 g/mol. The molecule has 1 N–H and O–H groups in total. The molecule has 0 unspecified atom stereocenters. The van der Waals surface area contributed by atoms with E-state index in [1.807, 2.05) is 41.9 Å². The molecule has 1 aliphatic rings. The molecule has 5 nitrogen and oxygen atoms in total. The zero-order chi connectivity index (χ0) is 22.5. The lowest BCUT2D eigenvalue weighted by atomic mass is 9.87. The van der Waals surface area contributed by atoms with Crippen LogP contribution < -0.4 is 10.1 Å². The summed E-state index contributed by atoms with van der Waals surface area (Å²) in [5, 5.41) is 5.21. The van der Waals surface area contributed by atoms with Gasteiger partial charge in [-0.2, -0.15) is 0 Å². The van der Waals surface area contributed by atoms with Crippen molar-refractivity contribution in [2.45, 2.75) is 39.3 Å². The van der Waals surface area contributed by atoms with Crippen molar-refractivity contribution in [2.75, 3.05) is 20.2 Å². The van der Waals surface area contributed by atoms with E-state index in [2.05, 4.69) is 41.2 Å². The summed E-state index contributed by atoms with van der Waals surface area (Å²) in [4.78, 5) is 20.6. The number of hydrogen-bond acceptors (Lipinski definition) is 5. The molecule has 0 radical (unpaired) electrons. The zero-order valence-electron chi connectivity index (χ0n) is 19.0. The predicted molar refractivity (Wildman–Crippen MR) is 129 cm³/mol. The zero-order valence-corrected chi connectivity index (χ0v) is 19.8. The fourth-order valence-electron chi connectivity index (χ4n) is 4.54. The number of piperidine rings is 1. The average Bonchev–Trinajstić information content (AvgIpc) is 3.37. The lowest BCUT2D eigenvalue weighted by molar-refractivity contribution is 0.0892. The van der Waals surface area contributed by atoms with Gasteiger partial charge in [0.05, 0.1) is 23.7 Å². The highest BCUT2D eigenvalue weighted by atomic mass is 32.1. The summed E-state index contributed by atoms with van der Waals surface area (Å²) in [6.07, 6.45) is 3.86. The van der Waals surface area contributed by atoms with Crippen LogP contribution in [-0.2, 0) is 6.54 Å². The largest absolute Gasteiger partial charge is 0.496 e. The highest BCUT2D eigenvalue weighted by molar-refractivity contribution is 7.12. The molecular formula is C26H31N3O2S. The van der Waals surface area contributed by atoms with Gasteiger partial charge in [-0.15, -0.1) is 11.3 Å². The number of nitrogens with one attached hydrogen (secondary N) is 1. The van der Waals surface area contributed by atoms with E-state index in [4.69, 9.17) is 4.74 Å². The second-order valence-electron chi connectivity index (χ2n) is 8.47. The first-order chi connectivity index (χ1) is 15.6. The van der Waals surface area contributed by atoms with Crippen LogP contribution in [0.5, 0.6) is 5.75 Å². The fourth-order valence-corrected chi connectivity index (χ4v) is 5.17. The van der Waals surface area contributed by atoms with Crippen molar-refractivity contribution in [3.63, 3.8) is 0 Å². The lowest BCUT2D eigenvalue weighted by Gasteiger charge is -2.36. The number of hydrogen-bond donors (Lipinski definition) is 1. The van der Waals surface area contributed by atoms with Crippen molar-refractivity contribution in [1.29, 1.82) is 0 Å². The third-order valence-electron chi connectivity index (χ3n) is 6.61. The van der Waals surface area contributed by atoms with Gasteiger partial charge in [0.15, 0.2) is 0 Å². The third-order valence-corrected chi connectivity index (χ3v) is 7.47. The SMILES string of the molecule is COc1ccc(CN2CCC([C@@H](NC(=O)c3cccs3)c3ccccn3)CC2)c(C)c1C. The molecule has 0 spiro atoms. The molecule has 4 rings (SSSR count). The van der Waals surface area contributed by atoms with E-state index in [1.54, 1.807) is 7.11 Å². The van der Waals surface area contributed by atoms with E-state index in [0.29, 0.717) is 5.92 Å². The van der Waals surface area contributed by atoms with Gasteiger partial charge in [0, 0.05) is 12.7 Å². The first kappa shape index (κ1) is 22.5. The molecule has 3 heterocycles. The Bertz CT molecular complexity index is 1030. The van der Waals surface area contributed by atoms with Crippen molar-refractivity contribution in [2.24, 2.45) is 5.92 Å². The number of aromatic nitrogens is 1. The summed E-state index contributed by atoms with van der Waals surface area (Å²) in [7, 11) is 1.72. The smallest absolute Gasteiger partial charge is 0.261 e. The number of carbonyl (C=O) groups excluding carboxylic acids is 1. The summed E-state index contributed by atoms with van der Waals surface area (Å²) >= 11 is 1.47. The van der Waals surface area contributed by atoms with Gasteiger partial charge < -0.3 is 10.1 Å². The molecule has 1 atom stereocenters. The molecule has 0 aliphatic carbocycles. The molecule has 3 aromatic rings. The van der Waals surface area contributed by atoms with E-state index >= 15 is 0 Å². The molecular weight excluding hydrogens is 418 g/mol. The maximum absolute atomic E-state index is 12.8. The first-order valence-electron chi connectivity index (χ1n) is 11.2. The normalized spacial score (nSPS) is 16.0. The van der Waals surface area contributed by atoms with Crippen LogP contribution in [0.15, 0.2) is 54.0 Å². The minimum atomic E-state index is -0.0714. The summed E-state index contributed by atoms with van der Waals surface area (Å²) in [5.41, 5.74) is 4.82. The number of nitrogens with zero attached hydrogens (tertiary/aromatic N) is 2. The number of thiophene rings is 1. The summed E-state index contributed by atoms with van der Waals surface area (Å²) in [6, 6.07) is 13.9. The Morgan fingerprint density at radius 3 is 2.62 bits per heavy atom. The monoisotopic (exact) mass is 449 g/mol. The molecule has 1 aromatic carbocycles. The Morgan fingerprint density at radius 1 is 1.16 bits per heavy atom. The first-order valence-corrected chi connectivity index (χ1v) is 12.1. The maximum atomic E-state index is 12.8. The summed E-state index contributed by atoms with van der Waals surface area (Å²) < 4.78 is 5.46. The Morgan fingerprint density at radius 2 is 1.97 bits per heavy atom. The number of pyridine rings is 1. The molecule has 1 saturated heterocycles. The Kier molecular flexibility index (Phi) is 7.22. The predicted octanol–water partition coefficient (Wildman–Crippen LogP) is 5.15. The Balaban J connectivity index is 1.43. The van der Waals surface area contributed by atoms with E-state index in [-0.39, 0.29) is 11.9 Å². The van der Waals surface area contributed by atoms with Crippen LogP contribution >= 0.6 is 11.3 Å². The number of methoxy groups -OCH3 is 1. The minimum Gasteiger partial charge on any atom is -0.496 e. The van der Waals surface area contributed by atoms with E-state index in [0.717, 1.165) is 48.8 Å². The summed E-state index contributed by atoms with van der Waals surface area (Å²) in [6.45, 7) is 7.26. The van der Waals surface area contributed by atoms with Crippen molar-refractivity contribution in [3.8, 4) is 5.75 Å². The van der Waals surface area contributed by atoms with E-state index in [9.17, 15) is 4.79 Å². The molecule has 0 bridgehead atoms. The number of ether oxygens (including phenoxy) is 1. The standard InChI is InChI=1S/C26H31N3O2S/c1-18-19(2)23(31-3)10-9-21(18)17-29-14-11-20(12-15-29)25(22-7-4-5-13-27-22)28-26(30)24-8-6-16-32-24/h4-10,13,16,20,25H,11-12,14-15,17H2,1-3H3,(H,28,30)/t25-/m1/s1. The van der Waals surface area contributed by atoms with Gasteiger partial charge >= 0.3 is 0 Å². The maximum Gasteiger partial charge on any atom is 0.261 e. The van der Waals surface area contributed by atoms with Gasteiger partial charge in [0.25, 0.3) is 5.91 Å². The fraction of sp³-hybridized carbons (Fsp3) is 0.385. The number of likely N-dealkylation sites (tertiary alicyclic amines) is 1. The summed E-state index contributed by atoms with van der Waals surface area (Å²) in [5.74, 6) is 1.30. The highest BCUT2D eigenvalue weighted by Gasteiger charge is 2.30. The molecule has 1 aliphatic heterocycles. The van der Waals surface area contributed by atoms with Crippen molar-refractivity contribution >= 4 is 17.2 Å². The molecule has 2 aromatic heterocycles. The molecule has 1 fully saturated rings. The molecule has 168 valence electrons. The number of benzene rings is 1. The van der Waals surface area contributed by atoms with E-state index in [1.165, 1.54) is 28.0 Å². The van der Waals surface area contributed by atoms with Crippen LogP contribution in [0.3, 0.4) is 0 Å². The molecule has 1 amide bonds. The van der Waals surface area contributed by atoms with Crippen molar-refractivity contribution in [1.82, 2.24) is 15.2 Å². The van der Waals surface area contributed by atoms with Gasteiger partial charge in [-0.3, -0.25) is 14.7 Å². The van der Waals surface area contributed by atoms with Gasteiger partial charge in [-0.1, -0.05) is 18.2 Å². The van der Waals surface area contributed by atoms with Gasteiger partial charge in [0.2, 0.25) is 0 Å². The van der Waals surface area contributed by atoms with Crippen molar-refractivity contribution < 1.29 is 9.53 Å². The minimum absolute atomic E-state index is 0.0117. The van der Waals surface area contributed by atoms with Crippen LogP contribution in [0.25, 0.3) is 0 Å².